The molecule has 0 atom stereocenters. The fourth-order valence-corrected chi connectivity index (χ4v) is 0.557. The number of hydrogen-bond acceptors (Lipinski definition) is 5. The molecule has 0 spiro atoms. The van der Waals surface area contributed by atoms with Gasteiger partial charge >= 0.3 is 0 Å². The lowest BCUT2D eigenvalue weighted by atomic mass is 10.7. The van der Waals surface area contributed by atoms with E-state index in [1.54, 1.807) is 0 Å². The lowest BCUT2D eigenvalue weighted by Gasteiger charge is -2.27. The Morgan fingerprint density at radius 1 is 0.833 bits per heavy atom. The predicted molar refractivity (Wildman–Crippen MR) is 39.7 cm³/mol. The molecular weight excluding hydrogens is 166 g/mol. The minimum atomic E-state index is -0.550. The molecule has 0 aromatic carbocycles. The van der Waals surface area contributed by atoms with Crippen molar-refractivity contribution in [2.45, 2.75) is 0 Å². The summed E-state index contributed by atoms with van der Waals surface area (Å²) in [6, 6.07) is 0. The second-order valence-electron chi connectivity index (χ2n) is 1.97. The Hall–Kier alpha value is -0.890. The largest absolute Gasteiger partial charge is 0.376 e. The third kappa shape index (κ3) is 2.62. The molecule has 72 valence electrons. The second kappa shape index (κ2) is 5.72. The van der Waals surface area contributed by atoms with Crippen LogP contribution in [-0.2, 0) is 0 Å². The zero-order chi connectivity index (χ0) is 9.56. The number of nitrogens with zero attached hydrogens (tertiary/aromatic N) is 2. The zero-order valence-corrected chi connectivity index (χ0v) is 6.51. The van der Waals surface area contributed by atoms with E-state index in [9.17, 15) is 0 Å². The number of rotatable bonds is 4. The average molecular weight is 179 g/mol. The topological polar surface area (TPSA) is 111 Å². The summed E-state index contributed by atoms with van der Waals surface area (Å²) >= 11 is 0. The second-order valence-corrected chi connectivity index (χ2v) is 1.97. The molecule has 12 heavy (non-hydrogen) atoms. The van der Waals surface area contributed by atoms with E-state index in [2.05, 4.69) is 0 Å². The van der Waals surface area contributed by atoms with Crippen molar-refractivity contribution in [3.63, 3.8) is 0 Å². The molecule has 0 fully saturated rings. The van der Waals surface area contributed by atoms with Crippen molar-refractivity contribution in [1.29, 1.82) is 5.41 Å². The van der Waals surface area contributed by atoms with Gasteiger partial charge in [0.25, 0.3) is 0 Å². The fraction of sp³-hybridized carbons (Fsp3) is 0.800. The van der Waals surface area contributed by atoms with Crippen molar-refractivity contribution >= 4 is 5.96 Å². The maximum absolute atomic E-state index is 8.57. The molecule has 0 rings (SSSR count). The Morgan fingerprint density at radius 2 is 1.08 bits per heavy atom. The molecule has 0 bridgehead atoms. The van der Waals surface area contributed by atoms with Crippen LogP contribution >= 0.6 is 0 Å². The lowest BCUT2D eigenvalue weighted by Crippen LogP contribution is -2.45. The maximum atomic E-state index is 8.57. The van der Waals surface area contributed by atoms with Gasteiger partial charge in [-0.2, -0.15) is 0 Å². The summed E-state index contributed by atoms with van der Waals surface area (Å²) in [4.78, 5) is 1.71. The van der Waals surface area contributed by atoms with Crippen molar-refractivity contribution in [3.05, 3.63) is 0 Å². The van der Waals surface area contributed by atoms with Gasteiger partial charge in [0.05, 0.1) is 0 Å². The van der Waals surface area contributed by atoms with Gasteiger partial charge in [-0.1, -0.05) is 0 Å². The number of hydrogen-bond donors (Lipinski definition) is 5. The van der Waals surface area contributed by atoms with Gasteiger partial charge in [-0.15, -0.1) is 0 Å². The molecule has 5 N–H and O–H groups in total. The van der Waals surface area contributed by atoms with E-state index in [4.69, 9.17) is 25.8 Å². The van der Waals surface area contributed by atoms with Crippen LogP contribution in [-0.4, -0.2) is 63.1 Å². The Kier molecular flexibility index (Phi) is 5.30. The first-order valence-electron chi connectivity index (χ1n) is 3.23. The lowest BCUT2D eigenvalue weighted by molar-refractivity contribution is 0.0359. The van der Waals surface area contributed by atoms with Crippen LogP contribution in [0, 0.1) is 5.41 Å². The molecule has 0 radical (unpaired) electrons. The minimum Gasteiger partial charge on any atom is -0.376 e. The number of guanidine groups is 1. The average Bonchev–Trinajstić information content (AvgIpc) is 2.09. The van der Waals surface area contributed by atoms with Crippen LogP contribution in [0.5, 0.6) is 0 Å². The fourth-order valence-electron chi connectivity index (χ4n) is 0.557. The first-order chi connectivity index (χ1) is 5.71. The van der Waals surface area contributed by atoms with E-state index in [1.807, 2.05) is 0 Å². The molecule has 7 heteroatoms. The Balaban J connectivity index is 4.12. The summed E-state index contributed by atoms with van der Waals surface area (Å²) in [5.74, 6) is -0.343. The van der Waals surface area contributed by atoms with Crippen LogP contribution in [0.4, 0.5) is 0 Å². The molecule has 0 aliphatic heterocycles. The molecule has 0 amide bonds. The van der Waals surface area contributed by atoms with Crippen LogP contribution < -0.4 is 0 Å². The Bertz CT molecular complexity index is 121. The van der Waals surface area contributed by atoms with Crippen molar-refractivity contribution in [1.82, 2.24) is 9.80 Å². The Morgan fingerprint density at radius 3 is 1.25 bits per heavy atom. The zero-order valence-electron chi connectivity index (χ0n) is 6.51. The monoisotopic (exact) mass is 179 g/mol. The van der Waals surface area contributed by atoms with Gasteiger partial charge in [0.15, 0.2) is 0 Å². The van der Waals surface area contributed by atoms with E-state index < -0.39 is 26.9 Å². The third-order valence-corrected chi connectivity index (χ3v) is 1.28. The summed E-state index contributed by atoms with van der Waals surface area (Å²) in [6.07, 6.45) is 0. The minimum absolute atomic E-state index is 0.343. The van der Waals surface area contributed by atoms with Crippen LogP contribution in [0.1, 0.15) is 0 Å². The van der Waals surface area contributed by atoms with Gasteiger partial charge in [-0.3, -0.25) is 15.2 Å². The molecule has 0 aliphatic carbocycles. The van der Waals surface area contributed by atoms with Crippen LogP contribution in [0.3, 0.4) is 0 Å². The molecular formula is C5H13N3O4. The third-order valence-electron chi connectivity index (χ3n) is 1.28. The summed E-state index contributed by atoms with van der Waals surface area (Å²) < 4.78 is 0. The van der Waals surface area contributed by atoms with E-state index in [-0.39, 0.29) is 5.96 Å². The molecule has 0 heterocycles. The number of nitrogens with one attached hydrogen (secondary N) is 1. The molecule has 0 aromatic heterocycles. The number of aliphatic hydroxyl groups excluding tert-OH is 4. The van der Waals surface area contributed by atoms with Crippen LogP contribution in [0.2, 0.25) is 0 Å². The highest BCUT2D eigenvalue weighted by atomic mass is 16.3. The first-order valence-corrected chi connectivity index (χ1v) is 3.23. The SMILES string of the molecule is N=C(N(CO)CO)N(CO)CO. The summed E-state index contributed by atoms with van der Waals surface area (Å²) in [7, 11) is 0. The smallest absolute Gasteiger partial charge is 0.201 e. The quantitative estimate of drug-likeness (QED) is 0.183. The molecule has 0 aliphatic rings. The summed E-state index contributed by atoms with van der Waals surface area (Å²) in [6.45, 7) is -2.20. The molecule has 0 aromatic rings. The maximum Gasteiger partial charge on any atom is 0.201 e. The standard InChI is InChI=1S/C5H13N3O4/c6-5(7(1-9)2-10)8(3-11)4-12/h6,9-12H,1-4H2. The van der Waals surface area contributed by atoms with Gasteiger partial charge in [0.2, 0.25) is 5.96 Å². The van der Waals surface area contributed by atoms with Crippen molar-refractivity contribution in [2.75, 3.05) is 26.9 Å². The molecule has 7 nitrogen and oxygen atoms in total. The van der Waals surface area contributed by atoms with Crippen LogP contribution in [0.15, 0.2) is 0 Å². The van der Waals surface area contributed by atoms with Crippen LogP contribution in [0.25, 0.3) is 0 Å². The normalized spacial score (nSPS) is 9.67. The van der Waals surface area contributed by atoms with Gasteiger partial charge in [0, 0.05) is 0 Å². The molecule has 0 saturated heterocycles. The van der Waals surface area contributed by atoms with Gasteiger partial charge in [0.1, 0.15) is 26.9 Å². The molecule has 0 unspecified atom stereocenters. The van der Waals surface area contributed by atoms with Crippen molar-refractivity contribution in [2.24, 2.45) is 0 Å². The van der Waals surface area contributed by atoms with E-state index in [1.165, 1.54) is 0 Å². The highest BCUT2D eigenvalue weighted by Gasteiger charge is 2.13. The summed E-state index contributed by atoms with van der Waals surface area (Å²) in [5, 5.41) is 41.5. The highest BCUT2D eigenvalue weighted by molar-refractivity contribution is 5.76. The van der Waals surface area contributed by atoms with Gasteiger partial charge < -0.3 is 20.4 Å². The van der Waals surface area contributed by atoms with E-state index in [0.29, 0.717) is 0 Å². The van der Waals surface area contributed by atoms with Gasteiger partial charge in [-0.25, -0.2) is 0 Å². The summed E-state index contributed by atoms with van der Waals surface area (Å²) in [5.41, 5.74) is 0. The van der Waals surface area contributed by atoms with Gasteiger partial charge in [-0.05, 0) is 0 Å². The highest BCUT2D eigenvalue weighted by Crippen LogP contribution is 1.93. The molecule has 0 saturated carbocycles. The predicted octanol–water partition coefficient (Wildman–Crippen LogP) is -2.68. The van der Waals surface area contributed by atoms with E-state index >= 15 is 0 Å². The first kappa shape index (κ1) is 11.1. The Labute approximate surface area is 69.6 Å². The van der Waals surface area contributed by atoms with Crippen molar-refractivity contribution in [3.8, 4) is 0 Å². The van der Waals surface area contributed by atoms with E-state index in [0.717, 1.165) is 9.80 Å². The van der Waals surface area contributed by atoms with Crippen molar-refractivity contribution < 1.29 is 20.4 Å². The number of aliphatic hydroxyl groups is 4.